The van der Waals surface area contributed by atoms with Gasteiger partial charge in [-0.05, 0) is 44.4 Å². The van der Waals surface area contributed by atoms with E-state index in [0.29, 0.717) is 19.1 Å². The first-order valence-electron chi connectivity index (χ1n) is 9.83. The molecule has 154 valence electrons. The van der Waals surface area contributed by atoms with Crippen molar-refractivity contribution in [2.75, 3.05) is 6.61 Å². The van der Waals surface area contributed by atoms with Gasteiger partial charge in [0.2, 0.25) is 0 Å². The highest BCUT2D eigenvalue weighted by molar-refractivity contribution is 6.00. The number of hydrogen-bond donors (Lipinski definition) is 4. The van der Waals surface area contributed by atoms with Crippen molar-refractivity contribution in [3.63, 3.8) is 0 Å². The summed E-state index contributed by atoms with van der Waals surface area (Å²) in [5.74, 6) is -3.15. The summed E-state index contributed by atoms with van der Waals surface area (Å²) < 4.78 is 0. The molecule has 6 nitrogen and oxygen atoms in total. The average molecular weight is 382 g/mol. The van der Waals surface area contributed by atoms with Crippen LogP contribution in [0.2, 0.25) is 0 Å². The second-order valence-electron chi connectivity index (χ2n) is 9.32. The first-order chi connectivity index (χ1) is 12.4. The lowest BCUT2D eigenvalue weighted by Gasteiger charge is -2.61. The van der Waals surface area contributed by atoms with Crippen LogP contribution >= 0.6 is 0 Å². The van der Waals surface area contributed by atoms with Crippen LogP contribution in [0, 0.1) is 35.0 Å². The first kappa shape index (κ1) is 22.1. The smallest absolute Gasteiger partial charge is 0.167 e. The fourth-order valence-corrected chi connectivity index (χ4v) is 6.47. The number of carbonyl (C=O) groups excluding carboxylic acids is 2. The standard InChI is InChI=1S/C21H34O6/c1-6-13(11-23)17-20(4,15(24)7-8-22)16-12(2)9-19(3,26)10-14(16)18(25)21(17,5)27/h7-8,12-14,16-17,22-23,26-27H,6,9-11H2,1-5H3/b8-7+/t12-,13+,14+,16+,17-,19-,20-,21+/m1/s1. The average Bonchev–Trinajstić information content (AvgIpc) is 2.55. The van der Waals surface area contributed by atoms with Gasteiger partial charge in [-0.2, -0.15) is 0 Å². The van der Waals surface area contributed by atoms with Gasteiger partial charge < -0.3 is 20.4 Å². The van der Waals surface area contributed by atoms with E-state index in [2.05, 4.69) is 0 Å². The number of aliphatic hydroxyl groups excluding tert-OH is 2. The summed E-state index contributed by atoms with van der Waals surface area (Å²) in [5.41, 5.74) is -4.01. The lowest BCUT2D eigenvalue weighted by Crippen LogP contribution is -2.69. The van der Waals surface area contributed by atoms with Gasteiger partial charge in [0, 0.05) is 29.9 Å². The monoisotopic (exact) mass is 382 g/mol. The highest BCUT2D eigenvalue weighted by atomic mass is 16.3. The Labute approximate surface area is 161 Å². The largest absolute Gasteiger partial charge is 0.515 e. The Kier molecular flexibility index (Phi) is 5.96. The summed E-state index contributed by atoms with van der Waals surface area (Å²) in [6.07, 6.45) is 2.90. The Morgan fingerprint density at radius 2 is 1.85 bits per heavy atom. The van der Waals surface area contributed by atoms with E-state index < -0.39 is 34.4 Å². The van der Waals surface area contributed by atoms with Crippen LogP contribution in [-0.2, 0) is 9.59 Å². The van der Waals surface area contributed by atoms with E-state index in [1.807, 2.05) is 13.8 Å². The van der Waals surface area contributed by atoms with Gasteiger partial charge in [-0.15, -0.1) is 0 Å². The second kappa shape index (κ2) is 7.30. The van der Waals surface area contributed by atoms with Gasteiger partial charge in [-0.25, -0.2) is 0 Å². The SMILES string of the molecule is CC[C@@H](CO)[C@@H]1[C@](C)(C(=O)/C=C/O)[C@H]2[C@H](C)C[C@@](C)(O)C[C@@H]2C(=O)[C@@]1(C)O. The number of hydrogen-bond acceptors (Lipinski definition) is 6. The van der Waals surface area contributed by atoms with Gasteiger partial charge >= 0.3 is 0 Å². The molecule has 0 aromatic carbocycles. The van der Waals surface area contributed by atoms with E-state index in [-0.39, 0.29) is 36.4 Å². The molecule has 0 aromatic rings. The van der Waals surface area contributed by atoms with Crippen molar-refractivity contribution in [3.05, 3.63) is 12.3 Å². The maximum absolute atomic E-state index is 13.3. The van der Waals surface area contributed by atoms with E-state index in [1.165, 1.54) is 6.92 Å². The van der Waals surface area contributed by atoms with Crippen molar-refractivity contribution < 1.29 is 30.0 Å². The Balaban J connectivity index is 2.74. The number of rotatable bonds is 5. The maximum atomic E-state index is 13.3. The van der Waals surface area contributed by atoms with Gasteiger partial charge in [0.15, 0.2) is 11.6 Å². The second-order valence-corrected chi connectivity index (χ2v) is 9.32. The molecule has 0 radical (unpaired) electrons. The third-order valence-electron chi connectivity index (χ3n) is 7.23. The van der Waals surface area contributed by atoms with Crippen molar-refractivity contribution in [2.24, 2.45) is 35.0 Å². The van der Waals surface area contributed by atoms with E-state index in [0.717, 1.165) is 6.08 Å². The molecule has 0 amide bonds. The quantitative estimate of drug-likeness (QED) is 0.427. The van der Waals surface area contributed by atoms with Crippen molar-refractivity contribution in [2.45, 2.75) is 65.1 Å². The molecule has 2 fully saturated rings. The van der Waals surface area contributed by atoms with Gasteiger partial charge in [0.1, 0.15) is 5.60 Å². The Morgan fingerprint density at radius 3 is 2.33 bits per heavy atom. The topological polar surface area (TPSA) is 115 Å². The van der Waals surface area contributed by atoms with Crippen LogP contribution < -0.4 is 0 Å². The summed E-state index contributed by atoms with van der Waals surface area (Å²) in [7, 11) is 0. The van der Waals surface area contributed by atoms with Gasteiger partial charge in [-0.3, -0.25) is 9.59 Å². The Hall–Kier alpha value is -1.24. The molecule has 2 rings (SSSR count). The van der Waals surface area contributed by atoms with Gasteiger partial charge in [0.25, 0.3) is 0 Å². The minimum Gasteiger partial charge on any atom is -0.515 e. The Bertz CT molecular complexity index is 618. The number of fused-ring (bicyclic) bond motifs is 1. The summed E-state index contributed by atoms with van der Waals surface area (Å²) in [4.78, 5) is 26.5. The third-order valence-corrected chi connectivity index (χ3v) is 7.23. The van der Waals surface area contributed by atoms with E-state index in [4.69, 9.17) is 0 Å². The summed E-state index contributed by atoms with van der Waals surface area (Å²) in [6.45, 7) is 8.38. The van der Waals surface area contributed by atoms with Gasteiger partial charge in [-0.1, -0.05) is 27.2 Å². The summed E-state index contributed by atoms with van der Waals surface area (Å²) in [6, 6.07) is 0. The maximum Gasteiger partial charge on any atom is 0.167 e. The van der Waals surface area contributed by atoms with Crippen molar-refractivity contribution in [3.8, 4) is 0 Å². The van der Waals surface area contributed by atoms with Crippen molar-refractivity contribution in [1.82, 2.24) is 0 Å². The zero-order valence-electron chi connectivity index (χ0n) is 17.0. The molecule has 2 saturated carbocycles. The van der Waals surface area contributed by atoms with Gasteiger partial charge in [0.05, 0.1) is 11.9 Å². The number of ketones is 2. The number of Topliss-reactive ketones (excluding diaryl/α,β-unsaturated/α-hetero) is 1. The molecule has 27 heavy (non-hydrogen) atoms. The molecule has 6 heteroatoms. The van der Waals surface area contributed by atoms with E-state index >= 15 is 0 Å². The molecule has 8 atom stereocenters. The number of aliphatic hydroxyl groups is 4. The Morgan fingerprint density at radius 1 is 1.26 bits per heavy atom. The fraction of sp³-hybridized carbons (Fsp3) is 0.810. The molecule has 2 aliphatic rings. The van der Waals surface area contributed by atoms with E-state index in [1.54, 1.807) is 13.8 Å². The minimum absolute atomic E-state index is 0.140. The summed E-state index contributed by atoms with van der Waals surface area (Å²) in [5, 5.41) is 41.1. The molecule has 0 saturated heterocycles. The normalized spacial score (nSPS) is 46.3. The lowest BCUT2D eigenvalue weighted by molar-refractivity contribution is -0.205. The molecule has 0 spiro atoms. The highest BCUT2D eigenvalue weighted by Crippen LogP contribution is 2.61. The molecule has 0 aromatic heterocycles. The van der Waals surface area contributed by atoms with Crippen molar-refractivity contribution >= 4 is 11.6 Å². The molecular weight excluding hydrogens is 348 g/mol. The van der Waals surface area contributed by atoms with E-state index in [9.17, 15) is 30.0 Å². The molecule has 0 bridgehead atoms. The molecule has 2 aliphatic carbocycles. The predicted octanol–water partition coefficient (Wildman–Crippen LogP) is 2.02. The third kappa shape index (κ3) is 3.36. The number of allylic oxidation sites excluding steroid dienone is 1. The van der Waals surface area contributed by atoms with Crippen LogP contribution in [0.15, 0.2) is 12.3 Å². The highest BCUT2D eigenvalue weighted by Gasteiger charge is 2.67. The zero-order chi connectivity index (χ0) is 20.8. The molecule has 0 unspecified atom stereocenters. The number of carbonyl (C=O) groups is 2. The lowest BCUT2D eigenvalue weighted by atomic mass is 9.42. The van der Waals surface area contributed by atoms with Crippen LogP contribution in [0.1, 0.15) is 53.9 Å². The van der Waals surface area contributed by atoms with Crippen LogP contribution in [0.4, 0.5) is 0 Å². The fourth-order valence-electron chi connectivity index (χ4n) is 6.47. The van der Waals surface area contributed by atoms with Crippen LogP contribution in [0.5, 0.6) is 0 Å². The first-order valence-corrected chi connectivity index (χ1v) is 9.83. The zero-order valence-corrected chi connectivity index (χ0v) is 17.0. The molecule has 0 aliphatic heterocycles. The molecular formula is C21H34O6. The van der Waals surface area contributed by atoms with Crippen LogP contribution in [0.3, 0.4) is 0 Å². The molecule has 4 N–H and O–H groups in total. The predicted molar refractivity (Wildman–Crippen MR) is 101 cm³/mol. The summed E-state index contributed by atoms with van der Waals surface area (Å²) >= 11 is 0. The van der Waals surface area contributed by atoms with Crippen LogP contribution in [-0.4, -0.2) is 49.8 Å². The molecule has 0 heterocycles. The van der Waals surface area contributed by atoms with Crippen LogP contribution in [0.25, 0.3) is 0 Å². The minimum atomic E-state index is -1.81. The van der Waals surface area contributed by atoms with Crippen molar-refractivity contribution in [1.29, 1.82) is 0 Å².